The van der Waals surface area contributed by atoms with Gasteiger partial charge in [0, 0.05) is 18.7 Å². The van der Waals surface area contributed by atoms with Crippen molar-refractivity contribution in [2.24, 2.45) is 0 Å². The van der Waals surface area contributed by atoms with Gasteiger partial charge in [0.25, 0.3) is 5.91 Å². The van der Waals surface area contributed by atoms with Gasteiger partial charge < -0.3 is 24.6 Å². The first-order valence-corrected chi connectivity index (χ1v) is 9.09. The Hall–Kier alpha value is -3.06. The van der Waals surface area contributed by atoms with E-state index in [1.807, 2.05) is 0 Å². The fourth-order valence-corrected chi connectivity index (χ4v) is 3.01. The molecule has 148 valence electrons. The molecular formula is C21H23NO6. The first-order chi connectivity index (χ1) is 13.6. The van der Waals surface area contributed by atoms with Crippen LogP contribution in [-0.4, -0.2) is 43.4 Å². The summed E-state index contributed by atoms with van der Waals surface area (Å²) in [6.45, 7) is 1.43. The van der Waals surface area contributed by atoms with Crippen LogP contribution in [-0.2, 0) is 11.3 Å². The second-order valence-corrected chi connectivity index (χ2v) is 6.50. The third-order valence-electron chi connectivity index (χ3n) is 4.50. The maximum atomic E-state index is 12.4. The molecule has 1 saturated heterocycles. The Morgan fingerprint density at radius 1 is 1.25 bits per heavy atom. The summed E-state index contributed by atoms with van der Waals surface area (Å²) in [5, 5.41) is 12.0. The van der Waals surface area contributed by atoms with Crippen molar-refractivity contribution in [2.75, 3.05) is 20.3 Å². The van der Waals surface area contributed by atoms with Crippen molar-refractivity contribution in [1.29, 1.82) is 0 Å². The van der Waals surface area contributed by atoms with Crippen LogP contribution in [0.2, 0.25) is 0 Å². The van der Waals surface area contributed by atoms with Crippen molar-refractivity contribution in [3.05, 3.63) is 59.2 Å². The summed E-state index contributed by atoms with van der Waals surface area (Å²) in [4.78, 5) is 23.7. The van der Waals surface area contributed by atoms with Gasteiger partial charge in [0.2, 0.25) is 0 Å². The summed E-state index contributed by atoms with van der Waals surface area (Å²) in [7, 11) is 1.41. The van der Waals surface area contributed by atoms with Gasteiger partial charge in [-0.25, -0.2) is 4.79 Å². The topological polar surface area (TPSA) is 94.1 Å². The van der Waals surface area contributed by atoms with Crippen LogP contribution in [0.15, 0.2) is 42.5 Å². The van der Waals surface area contributed by atoms with Gasteiger partial charge in [0.05, 0.1) is 13.2 Å². The number of carbonyl (C=O) groups excluding carboxylic acids is 1. The normalized spacial score (nSPS) is 15.8. The molecule has 3 rings (SSSR count). The molecule has 0 spiro atoms. The van der Waals surface area contributed by atoms with Gasteiger partial charge in [-0.1, -0.05) is 12.1 Å². The lowest BCUT2D eigenvalue weighted by Gasteiger charge is -2.12. The predicted molar refractivity (Wildman–Crippen MR) is 102 cm³/mol. The molecule has 1 aliphatic rings. The number of nitrogens with one attached hydrogen (secondary N) is 1. The van der Waals surface area contributed by atoms with E-state index in [1.54, 1.807) is 36.4 Å². The fraction of sp³-hybridized carbons (Fsp3) is 0.333. The zero-order valence-electron chi connectivity index (χ0n) is 15.6. The zero-order chi connectivity index (χ0) is 19.9. The van der Waals surface area contributed by atoms with Gasteiger partial charge >= 0.3 is 5.97 Å². The molecule has 0 bridgehead atoms. The van der Waals surface area contributed by atoms with Crippen LogP contribution in [0.4, 0.5) is 0 Å². The van der Waals surface area contributed by atoms with E-state index in [2.05, 4.69) is 5.32 Å². The van der Waals surface area contributed by atoms with E-state index in [-0.39, 0.29) is 29.9 Å². The first-order valence-electron chi connectivity index (χ1n) is 9.09. The molecule has 1 fully saturated rings. The number of carboxylic acid groups (broad SMARTS) is 1. The van der Waals surface area contributed by atoms with E-state index in [1.165, 1.54) is 13.2 Å². The number of carboxylic acids is 1. The van der Waals surface area contributed by atoms with Gasteiger partial charge in [-0.05, 0) is 48.7 Å². The van der Waals surface area contributed by atoms with Crippen LogP contribution >= 0.6 is 0 Å². The van der Waals surface area contributed by atoms with Crippen LogP contribution in [0.25, 0.3) is 0 Å². The highest BCUT2D eigenvalue weighted by Gasteiger charge is 2.16. The molecule has 0 aromatic heterocycles. The molecule has 1 heterocycles. The van der Waals surface area contributed by atoms with Crippen molar-refractivity contribution < 1.29 is 28.9 Å². The number of aromatic carboxylic acids is 1. The van der Waals surface area contributed by atoms with E-state index in [0.717, 1.165) is 19.4 Å². The maximum absolute atomic E-state index is 12.4. The van der Waals surface area contributed by atoms with Gasteiger partial charge in [0.15, 0.2) is 0 Å². The molecule has 1 amide bonds. The molecular weight excluding hydrogens is 362 g/mol. The van der Waals surface area contributed by atoms with Crippen molar-refractivity contribution >= 4 is 11.9 Å². The Labute approximate surface area is 163 Å². The van der Waals surface area contributed by atoms with E-state index in [9.17, 15) is 14.7 Å². The lowest BCUT2D eigenvalue weighted by Crippen LogP contribution is -2.23. The van der Waals surface area contributed by atoms with Crippen molar-refractivity contribution in [3.8, 4) is 11.5 Å². The molecule has 28 heavy (non-hydrogen) atoms. The molecule has 1 unspecified atom stereocenters. The Kier molecular flexibility index (Phi) is 6.49. The minimum atomic E-state index is -1.08. The van der Waals surface area contributed by atoms with Crippen LogP contribution in [0.5, 0.6) is 11.5 Å². The first kappa shape index (κ1) is 19.7. The van der Waals surface area contributed by atoms with Gasteiger partial charge in [0.1, 0.15) is 23.7 Å². The number of hydrogen-bond acceptors (Lipinski definition) is 5. The van der Waals surface area contributed by atoms with E-state index < -0.39 is 5.97 Å². The monoisotopic (exact) mass is 385 g/mol. The number of carbonyl (C=O) groups is 2. The Balaban J connectivity index is 1.59. The van der Waals surface area contributed by atoms with E-state index >= 15 is 0 Å². The van der Waals surface area contributed by atoms with Gasteiger partial charge in [-0.2, -0.15) is 0 Å². The lowest BCUT2D eigenvalue weighted by atomic mass is 10.1. The summed E-state index contributed by atoms with van der Waals surface area (Å²) in [5.74, 6) is -0.462. The summed E-state index contributed by atoms with van der Waals surface area (Å²) >= 11 is 0. The largest absolute Gasteiger partial charge is 0.496 e. The molecule has 0 aliphatic carbocycles. The Morgan fingerprint density at radius 3 is 2.82 bits per heavy atom. The molecule has 0 radical (unpaired) electrons. The number of methoxy groups -OCH3 is 1. The number of rotatable bonds is 8. The minimum Gasteiger partial charge on any atom is -0.496 e. The van der Waals surface area contributed by atoms with E-state index in [0.29, 0.717) is 23.5 Å². The number of ether oxygens (including phenoxy) is 3. The van der Waals surface area contributed by atoms with Crippen LogP contribution in [0.1, 0.15) is 39.1 Å². The molecule has 2 aromatic carbocycles. The third kappa shape index (κ3) is 5.01. The maximum Gasteiger partial charge on any atom is 0.339 e. The standard InChI is InChI=1S/C21H23NO6/c1-26-19-8-7-14(10-18(19)21(24)25)12-22-20(23)15-4-2-5-16(11-15)28-13-17-6-3-9-27-17/h2,4-5,7-8,10-11,17H,3,6,9,12-13H2,1H3,(H,22,23)(H,24,25). The molecule has 2 aromatic rings. The summed E-state index contributed by atoms with van der Waals surface area (Å²) < 4.78 is 16.3. The average Bonchev–Trinajstić information content (AvgIpc) is 3.24. The van der Waals surface area contributed by atoms with Crippen molar-refractivity contribution in [3.63, 3.8) is 0 Å². The Morgan fingerprint density at radius 2 is 2.11 bits per heavy atom. The molecule has 7 nitrogen and oxygen atoms in total. The number of amides is 1. The highest BCUT2D eigenvalue weighted by atomic mass is 16.5. The van der Waals surface area contributed by atoms with Gasteiger partial charge in [-0.3, -0.25) is 4.79 Å². The summed E-state index contributed by atoms with van der Waals surface area (Å²) in [5.41, 5.74) is 1.19. The Bertz CT molecular complexity index is 845. The molecule has 1 aliphatic heterocycles. The van der Waals surface area contributed by atoms with Crippen molar-refractivity contribution in [1.82, 2.24) is 5.32 Å². The summed E-state index contributed by atoms with van der Waals surface area (Å²) in [6.07, 6.45) is 2.14. The average molecular weight is 385 g/mol. The van der Waals surface area contributed by atoms with Crippen LogP contribution in [0.3, 0.4) is 0 Å². The molecule has 0 saturated carbocycles. The van der Waals surface area contributed by atoms with Gasteiger partial charge in [-0.15, -0.1) is 0 Å². The molecule has 1 atom stereocenters. The van der Waals surface area contributed by atoms with Crippen LogP contribution in [0, 0.1) is 0 Å². The highest BCUT2D eigenvalue weighted by molar-refractivity contribution is 5.94. The second-order valence-electron chi connectivity index (χ2n) is 6.50. The smallest absolute Gasteiger partial charge is 0.339 e. The fourth-order valence-electron chi connectivity index (χ4n) is 3.01. The number of hydrogen-bond donors (Lipinski definition) is 2. The zero-order valence-corrected chi connectivity index (χ0v) is 15.6. The molecule has 7 heteroatoms. The van der Waals surface area contributed by atoms with Crippen LogP contribution < -0.4 is 14.8 Å². The molecule has 2 N–H and O–H groups in total. The van der Waals surface area contributed by atoms with E-state index in [4.69, 9.17) is 14.2 Å². The van der Waals surface area contributed by atoms with Crippen molar-refractivity contribution in [2.45, 2.75) is 25.5 Å². The minimum absolute atomic E-state index is 0.0544. The second kappa shape index (κ2) is 9.23. The lowest BCUT2D eigenvalue weighted by molar-refractivity contribution is 0.0679. The predicted octanol–water partition coefficient (Wildman–Crippen LogP) is 2.88. The number of benzene rings is 2. The third-order valence-corrected chi connectivity index (χ3v) is 4.50. The highest BCUT2D eigenvalue weighted by Crippen LogP contribution is 2.20. The SMILES string of the molecule is COc1ccc(CNC(=O)c2cccc(OCC3CCCO3)c2)cc1C(=O)O. The summed E-state index contributed by atoms with van der Waals surface area (Å²) in [6, 6.07) is 11.7. The quantitative estimate of drug-likeness (QED) is 0.726.